The number of nitrogens with one attached hydrogen (secondary N) is 1. The third-order valence-corrected chi connectivity index (χ3v) is 2.92. The van der Waals surface area contributed by atoms with Crippen LogP contribution in [0.5, 0.6) is 0 Å². The summed E-state index contributed by atoms with van der Waals surface area (Å²) in [4.78, 5) is 0. The van der Waals surface area contributed by atoms with Crippen LogP contribution >= 0.6 is 0 Å². The molecule has 0 saturated carbocycles. The maximum Gasteiger partial charge on any atom is 0.0644 e. The summed E-state index contributed by atoms with van der Waals surface area (Å²) in [5.74, 6) is 0. The van der Waals surface area contributed by atoms with Gasteiger partial charge in [-0.25, -0.2) is 0 Å². The first kappa shape index (κ1) is 9.68. The predicted octanol–water partition coefficient (Wildman–Crippen LogP) is 0.472. The van der Waals surface area contributed by atoms with Crippen LogP contribution in [0.3, 0.4) is 0 Å². The molecule has 0 spiro atoms. The van der Waals surface area contributed by atoms with Gasteiger partial charge in [-0.2, -0.15) is 5.10 Å². The zero-order chi connectivity index (χ0) is 9.97. The maximum absolute atomic E-state index is 8.89. The Morgan fingerprint density at radius 3 is 3.29 bits per heavy atom. The van der Waals surface area contributed by atoms with E-state index in [4.69, 9.17) is 5.11 Å². The molecule has 2 N–H and O–H groups in total. The van der Waals surface area contributed by atoms with Gasteiger partial charge in [0.05, 0.1) is 19.3 Å². The van der Waals surface area contributed by atoms with E-state index in [2.05, 4.69) is 10.4 Å². The van der Waals surface area contributed by atoms with Crippen molar-refractivity contribution in [2.45, 2.75) is 31.8 Å². The number of hydrogen-bond acceptors (Lipinski definition) is 3. The van der Waals surface area contributed by atoms with Crippen molar-refractivity contribution in [1.29, 1.82) is 0 Å². The van der Waals surface area contributed by atoms with Gasteiger partial charge in [0.15, 0.2) is 0 Å². The smallest absolute Gasteiger partial charge is 0.0644 e. The topological polar surface area (TPSA) is 50.1 Å². The highest BCUT2D eigenvalue weighted by Gasteiger charge is 2.22. The van der Waals surface area contributed by atoms with Gasteiger partial charge in [0.1, 0.15) is 0 Å². The van der Waals surface area contributed by atoms with Crippen molar-refractivity contribution in [2.24, 2.45) is 0 Å². The maximum atomic E-state index is 8.89. The molecule has 1 heterocycles. The molecule has 1 aromatic heterocycles. The fourth-order valence-electron chi connectivity index (χ4n) is 2.21. The van der Waals surface area contributed by atoms with Crippen LogP contribution in [0, 0.1) is 0 Å². The van der Waals surface area contributed by atoms with E-state index < -0.39 is 0 Å². The number of hydrogen-bond donors (Lipinski definition) is 2. The molecule has 4 nitrogen and oxygen atoms in total. The minimum atomic E-state index is 0.165. The Labute approximate surface area is 83.9 Å². The van der Waals surface area contributed by atoms with Crippen LogP contribution in [0.1, 0.15) is 30.1 Å². The average Bonchev–Trinajstić information content (AvgIpc) is 2.62. The Bertz CT molecular complexity index is 308. The van der Waals surface area contributed by atoms with E-state index in [0.717, 1.165) is 6.42 Å². The van der Waals surface area contributed by atoms with E-state index in [-0.39, 0.29) is 6.61 Å². The van der Waals surface area contributed by atoms with Gasteiger partial charge in [-0.05, 0) is 26.3 Å². The molecular weight excluding hydrogens is 178 g/mol. The van der Waals surface area contributed by atoms with Gasteiger partial charge >= 0.3 is 0 Å². The molecule has 1 unspecified atom stereocenters. The Kier molecular flexibility index (Phi) is 2.84. The first-order valence-electron chi connectivity index (χ1n) is 5.19. The molecule has 78 valence electrons. The van der Waals surface area contributed by atoms with Crippen molar-refractivity contribution in [3.63, 3.8) is 0 Å². The molecule has 0 aromatic carbocycles. The second-order valence-electron chi connectivity index (χ2n) is 3.73. The first-order valence-corrected chi connectivity index (χ1v) is 5.19. The molecule has 0 bridgehead atoms. The Morgan fingerprint density at radius 2 is 2.57 bits per heavy atom. The summed E-state index contributed by atoms with van der Waals surface area (Å²) in [6, 6.07) is 0.450. The minimum Gasteiger partial charge on any atom is -0.394 e. The number of aromatic nitrogens is 2. The Morgan fingerprint density at radius 1 is 1.71 bits per heavy atom. The van der Waals surface area contributed by atoms with Crippen molar-refractivity contribution in [3.05, 3.63) is 17.5 Å². The summed E-state index contributed by atoms with van der Waals surface area (Å²) in [6.45, 7) is 0.782. The lowest BCUT2D eigenvalue weighted by Gasteiger charge is -2.22. The summed E-state index contributed by atoms with van der Waals surface area (Å²) in [5, 5.41) is 16.5. The summed E-state index contributed by atoms with van der Waals surface area (Å²) in [7, 11) is 1.99. The number of nitrogens with zero attached hydrogens (tertiary/aromatic N) is 2. The fourth-order valence-corrected chi connectivity index (χ4v) is 2.21. The van der Waals surface area contributed by atoms with Crippen LogP contribution in [0.15, 0.2) is 6.20 Å². The lowest BCUT2D eigenvalue weighted by Crippen LogP contribution is -2.22. The number of rotatable bonds is 3. The van der Waals surface area contributed by atoms with Crippen molar-refractivity contribution < 1.29 is 5.11 Å². The Hall–Kier alpha value is -0.870. The zero-order valence-corrected chi connectivity index (χ0v) is 8.53. The molecule has 2 rings (SSSR count). The summed E-state index contributed by atoms with van der Waals surface area (Å²) in [5.41, 5.74) is 2.61. The molecule has 4 heteroatoms. The predicted molar refractivity (Wildman–Crippen MR) is 54.1 cm³/mol. The van der Waals surface area contributed by atoms with Crippen molar-refractivity contribution in [3.8, 4) is 0 Å². The van der Waals surface area contributed by atoms with Crippen molar-refractivity contribution in [1.82, 2.24) is 15.1 Å². The van der Waals surface area contributed by atoms with Gasteiger partial charge in [-0.3, -0.25) is 4.68 Å². The standard InChI is InChI=1S/C10H17N3O/c1-11-9-3-2-4-10-8(9)7-12-13(10)5-6-14/h7,9,11,14H,2-6H2,1H3. The number of aliphatic hydroxyl groups is 1. The van der Waals surface area contributed by atoms with Crippen LogP contribution in [-0.2, 0) is 13.0 Å². The molecule has 1 aliphatic carbocycles. The third-order valence-electron chi connectivity index (χ3n) is 2.92. The molecular formula is C10H17N3O. The lowest BCUT2D eigenvalue weighted by atomic mass is 9.93. The molecule has 0 amide bonds. The normalized spacial score (nSPS) is 20.9. The molecule has 0 radical (unpaired) electrons. The highest BCUT2D eigenvalue weighted by molar-refractivity contribution is 5.24. The quantitative estimate of drug-likeness (QED) is 0.737. The molecule has 1 atom stereocenters. The third kappa shape index (κ3) is 1.55. The van der Waals surface area contributed by atoms with E-state index in [1.807, 2.05) is 17.9 Å². The molecule has 0 fully saturated rings. The van der Waals surface area contributed by atoms with Gasteiger partial charge in [0.2, 0.25) is 0 Å². The minimum absolute atomic E-state index is 0.165. The summed E-state index contributed by atoms with van der Waals surface area (Å²) in [6.07, 6.45) is 5.42. The van der Waals surface area contributed by atoms with E-state index in [1.165, 1.54) is 24.1 Å². The van der Waals surface area contributed by atoms with Crippen LogP contribution in [0.4, 0.5) is 0 Å². The van der Waals surface area contributed by atoms with Crippen molar-refractivity contribution in [2.75, 3.05) is 13.7 Å². The van der Waals surface area contributed by atoms with Gasteiger partial charge in [-0.1, -0.05) is 0 Å². The van der Waals surface area contributed by atoms with Crippen molar-refractivity contribution >= 4 is 0 Å². The fraction of sp³-hybridized carbons (Fsp3) is 0.700. The van der Waals surface area contributed by atoms with E-state index in [1.54, 1.807) is 0 Å². The Balaban J connectivity index is 2.28. The first-order chi connectivity index (χ1) is 6.86. The summed E-state index contributed by atoms with van der Waals surface area (Å²) >= 11 is 0. The van der Waals surface area contributed by atoms with Gasteiger partial charge in [0, 0.05) is 17.3 Å². The second-order valence-corrected chi connectivity index (χ2v) is 3.73. The zero-order valence-electron chi connectivity index (χ0n) is 8.53. The van der Waals surface area contributed by atoms with Crippen LogP contribution in [-0.4, -0.2) is 28.5 Å². The van der Waals surface area contributed by atoms with E-state index in [0.29, 0.717) is 12.6 Å². The molecule has 0 aliphatic heterocycles. The second kappa shape index (κ2) is 4.11. The van der Waals surface area contributed by atoms with Crippen LogP contribution < -0.4 is 5.32 Å². The number of fused-ring (bicyclic) bond motifs is 1. The summed E-state index contributed by atoms with van der Waals surface area (Å²) < 4.78 is 1.93. The van der Waals surface area contributed by atoms with Crippen LogP contribution in [0.2, 0.25) is 0 Å². The average molecular weight is 195 g/mol. The highest BCUT2D eigenvalue weighted by Crippen LogP contribution is 2.28. The molecule has 1 aromatic rings. The monoisotopic (exact) mass is 195 g/mol. The highest BCUT2D eigenvalue weighted by atomic mass is 16.3. The van der Waals surface area contributed by atoms with E-state index in [9.17, 15) is 0 Å². The largest absolute Gasteiger partial charge is 0.394 e. The van der Waals surface area contributed by atoms with Gasteiger partial charge < -0.3 is 10.4 Å². The van der Waals surface area contributed by atoms with Crippen LogP contribution in [0.25, 0.3) is 0 Å². The molecule has 14 heavy (non-hydrogen) atoms. The molecule has 0 saturated heterocycles. The van der Waals surface area contributed by atoms with Gasteiger partial charge in [0.25, 0.3) is 0 Å². The number of aliphatic hydroxyl groups excluding tert-OH is 1. The van der Waals surface area contributed by atoms with Gasteiger partial charge in [-0.15, -0.1) is 0 Å². The lowest BCUT2D eigenvalue weighted by molar-refractivity contribution is 0.266. The molecule has 1 aliphatic rings. The SMILES string of the molecule is CNC1CCCc2c1cnn2CCO. The van der Waals surface area contributed by atoms with E-state index >= 15 is 0 Å².